The maximum atomic E-state index is 12.2. The SMILES string of the molecule is COCCC(N)C(=O)N1CCN(CC(F)(F)F)CC1. The summed E-state index contributed by atoms with van der Waals surface area (Å²) in [4.78, 5) is 14.7. The lowest BCUT2D eigenvalue weighted by Crippen LogP contribution is -2.54. The van der Waals surface area contributed by atoms with Crippen LogP contribution in [0.4, 0.5) is 13.2 Å². The highest BCUT2D eigenvalue weighted by Crippen LogP contribution is 2.17. The first-order chi connectivity index (χ1) is 8.83. The van der Waals surface area contributed by atoms with Crippen LogP contribution in [0.1, 0.15) is 6.42 Å². The van der Waals surface area contributed by atoms with Crippen molar-refractivity contribution in [1.29, 1.82) is 0 Å². The Morgan fingerprint density at radius 2 is 1.89 bits per heavy atom. The van der Waals surface area contributed by atoms with Crippen LogP contribution in [0.25, 0.3) is 0 Å². The van der Waals surface area contributed by atoms with Crippen molar-refractivity contribution in [3.8, 4) is 0 Å². The average molecular weight is 283 g/mol. The molecule has 0 saturated carbocycles. The van der Waals surface area contributed by atoms with E-state index in [1.165, 1.54) is 16.9 Å². The van der Waals surface area contributed by atoms with Crippen LogP contribution in [0.15, 0.2) is 0 Å². The van der Waals surface area contributed by atoms with E-state index in [-0.39, 0.29) is 32.1 Å². The Bertz CT molecular complexity index is 291. The summed E-state index contributed by atoms with van der Waals surface area (Å²) < 4.78 is 41.5. The molecule has 1 fully saturated rings. The van der Waals surface area contributed by atoms with Gasteiger partial charge in [-0.1, -0.05) is 0 Å². The molecule has 2 N–H and O–H groups in total. The smallest absolute Gasteiger partial charge is 0.385 e. The van der Waals surface area contributed by atoms with Gasteiger partial charge in [0.2, 0.25) is 5.91 Å². The molecular formula is C11H20F3N3O2. The third-order valence-electron chi connectivity index (χ3n) is 3.04. The summed E-state index contributed by atoms with van der Waals surface area (Å²) in [6.07, 6.45) is -3.78. The van der Waals surface area contributed by atoms with Crippen LogP contribution in [0.3, 0.4) is 0 Å². The van der Waals surface area contributed by atoms with E-state index in [1.807, 2.05) is 0 Å². The van der Waals surface area contributed by atoms with Gasteiger partial charge >= 0.3 is 6.18 Å². The zero-order valence-electron chi connectivity index (χ0n) is 10.9. The van der Waals surface area contributed by atoms with Gasteiger partial charge in [-0.3, -0.25) is 9.69 Å². The molecular weight excluding hydrogens is 263 g/mol. The molecule has 0 radical (unpaired) electrons. The zero-order valence-corrected chi connectivity index (χ0v) is 10.9. The number of rotatable bonds is 5. The molecule has 0 aromatic heterocycles. The minimum absolute atomic E-state index is 0.219. The molecule has 0 aromatic rings. The molecule has 1 atom stereocenters. The molecule has 1 aliphatic heterocycles. The van der Waals surface area contributed by atoms with Crippen LogP contribution in [-0.2, 0) is 9.53 Å². The predicted octanol–water partition coefficient (Wildman–Crippen LogP) is 0.0567. The molecule has 1 amide bonds. The Morgan fingerprint density at radius 1 is 1.32 bits per heavy atom. The van der Waals surface area contributed by atoms with Crippen LogP contribution < -0.4 is 5.73 Å². The highest BCUT2D eigenvalue weighted by atomic mass is 19.4. The number of hydrogen-bond acceptors (Lipinski definition) is 4. The molecule has 1 saturated heterocycles. The van der Waals surface area contributed by atoms with Crippen molar-refractivity contribution in [3.05, 3.63) is 0 Å². The zero-order chi connectivity index (χ0) is 14.5. The number of ether oxygens (including phenoxy) is 1. The number of nitrogens with zero attached hydrogens (tertiary/aromatic N) is 2. The lowest BCUT2D eigenvalue weighted by molar-refractivity contribution is -0.152. The van der Waals surface area contributed by atoms with Crippen LogP contribution in [0.5, 0.6) is 0 Å². The van der Waals surface area contributed by atoms with Crippen LogP contribution in [0, 0.1) is 0 Å². The second kappa shape index (κ2) is 7.06. The van der Waals surface area contributed by atoms with Gasteiger partial charge in [-0.2, -0.15) is 13.2 Å². The van der Waals surface area contributed by atoms with Gasteiger partial charge in [-0.05, 0) is 6.42 Å². The Kier molecular flexibility index (Phi) is 6.02. The van der Waals surface area contributed by atoms with Gasteiger partial charge in [0.1, 0.15) is 0 Å². The van der Waals surface area contributed by atoms with Gasteiger partial charge in [-0.25, -0.2) is 0 Å². The third-order valence-corrected chi connectivity index (χ3v) is 3.04. The highest BCUT2D eigenvalue weighted by molar-refractivity contribution is 5.81. The van der Waals surface area contributed by atoms with E-state index in [4.69, 9.17) is 10.5 Å². The highest BCUT2D eigenvalue weighted by Gasteiger charge is 2.33. The van der Waals surface area contributed by atoms with Crippen molar-refractivity contribution < 1.29 is 22.7 Å². The maximum absolute atomic E-state index is 12.2. The summed E-state index contributed by atoms with van der Waals surface area (Å²) in [6, 6.07) is -0.644. The van der Waals surface area contributed by atoms with Crippen molar-refractivity contribution in [2.45, 2.75) is 18.6 Å². The number of hydrogen-bond donors (Lipinski definition) is 1. The summed E-state index contributed by atoms with van der Waals surface area (Å²) in [6.45, 7) is 0.487. The first-order valence-electron chi connectivity index (χ1n) is 6.16. The topological polar surface area (TPSA) is 58.8 Å². The predicted molar refractivity (Wildman–Crippen MR) is 63.5 cm³/mol. The van der Waals surface area contributed by atoms with Crippen molar-refractivity contribution in [2.75, 3.05) is 46.4 Å². The van der Waals surface area contributed by atoms with Crippen molar-refractivity contribution >= 4 is 5.91 Å². The molecule has 0 spiro atoms. The fourth-order valence-electron chi connectivity index (χ4n) is 1.98. The first kappa shape index (κ1) is 16.2. The second-order valence-corrected chi connectivity index (χ2v) is 4.60. The molecule has 0 aromatic carbocycles. The molecule has 0 aliphatic carbocycles. The van der Waals surface area contributed by atoms with Crippen molar-refractivity contribution in [3.63, 3.8) is 0 Å². The lowest BCUT2D eigenvalue weighted by Gasteiger charge is -2.36. The maximum Gasteiger partial charge on any atom is 0.401 e. The number of carbonyl (C=O) groups is 1. The molecule has 5 nitrogen and oxygen atoms in total. The number of alkyl halides is 3. The minimum atomic E-state index is -4.19. The van der Waals surface area contributed by atoms with Gasteiger partial charge in [0, 0.05) is 39.9 Å². The van der Waals surface area contributed by atoms with E-state index in [0.717, 1.165) is 0 Å². The van der Waals surface area contributed by atoms with Crippen LogP contribution in [0.2, 0.25) is 0 Å². The molecule has 1 rings (SSSR count). The third kappa shape index (κ3) is 5.75. The lowest BCUT2D eigenvalue weighted by atomic mass is 10.2. The molecule has 19 heavy (non-hydrogen) atoms. The summed E-state index contributed by atoms with van der Waals surface area (Å²) in [7, 11) is 1.52. The van der Waals surface area contributed by atoms with Gasteiger partial charge in [0.15, 0.2) is 0 Å². The van der Waals surface area contributed by atoms with E-state index in [1.54, 1.807) is 0 Å². The fourth-order valence-corrected chi connectivity index (χ4v) is 1.98. The Hall–Kier alpha value is -0.860. The van der Waals surface area contributed by atoms with Gasteiger partial charge in [0.05, 0.1) is 12.6 Å². The Labute approximate surface area is 110 Å². The fraction of sp³-hybridized carbons (Fsp3) is 0.909. The van der Waals surface area contributed by atoms with Gasteiger partial charge in [-0.15, -0.1) is 0 Å². The monoisotopic (exact) mass is 283 g/mol. The summed E-state index contributed by atoms with van der Waals surface area (Å²) in [5, 5.41) is 0. The molecule has 8 heteroatoms. The largest absolute Gasteiger partial charge is 0.401 e. The summed E-state index contributed by atoms with van der Waals surface area (Å²) >= 11 is 0. The number of amides is 1. The van der Waals surface area contributed by atoms with E-state index in [0.29, 0.717) is 13.0 Å². The second-order valence-electron chi connectivity index (χ2n) is 4.60. The van der Waals surface area contributed by atoms with E-state index >= 15 is 0 Å². The molecule has 1 unspecified atom stereocenters. The molecule has 112 valence electrons. The first-order valence-corrected chi connectivity index (χ1v) is 6.16. The average Bonchev–Trinajstić information content (AvgIpc) is 2.34. The van der Waals surface area contributed by atoms with Crippen LogP contribution >= 0.6 is 0 Å². The van der Waals surface area contributed by atoms with E-state index in [2.05, 4.69) is 0 Å². The summed E-state index contributed by atoms with van der Waals surface area (Å²) in [5.74, 6) is -0.219. The molecule has 1 heterocycles. The summed E-state index contributed by atoms with van der Waals surface area (Å²) in [5.41, 5.74) is 5.71. The number of carbonyl (C=O) groups excluding carboxylic acids is 1. The van der Waals surface area contributed by atoms with E-state index in [9.17, 15) is 18.0 Å². The Morgan fingerprint density at radius 3 is 2.37 bits per heavy atom. The quantitative estimate of drug-likeness (QED) is 0.775. The molecule has 1 aliphatic rings. The standard InChI is InChI=1S/C11H20F3N3O2/c1-19-7-2-9(15)10(18)17-5-3-16(4-6-17)8-11(12,13)14/h9H,2-8,15H2,1H3. The minimum Gasteiger partial charge on any atom is -0.385 e. The van der Waals surface area contributed by atoms with Gasteiger partial charge in [0.25, 0.3) is 0 Å². The number of methoxy groups -OCH3 is 1. The van der Waals surface area contributed by atoms with Gasteiger partial charge < -0.3 is 15.4 Å². The molecule has 0 bridgehead atoms. The number of piperazine rings is 1. The normalized spacial score (nSPS) is 19.5. The number of halogens is 3. The van der Waals surface area contributed by atoms with Crippen molar-refractivity contribution in [1.82, 2.24) is 9.80 Å². The van der Waals surface area contributed by atoms with Crippen LogP contribution in [-0.4, -0.2) is 74.4 Å². The Balaban J connectivity index is 2.34. The van der Waals surface area contributed by atoms with E-state index < -0.39 is 18.8 Å². The van der Waals surface area contributed by atoms with Crippen molar-refractivity contribution in [2.24, 2.45) is 5.73 Å². The number of nitrogens with two attached hydrogens (primary N) is 1.